The predicted molar refractivity (Wildman–Crippen MR) is 64.2 cm³/mol. The molecule has 0 aliphatic heterocycles. The van der Waals surface area contributed by atoms with Gasteiger partial charge < -0.3 is 10.1 Å². The molecule has 2 aromatic carbocycles. The molecule has 1 aromatic heterocycles. The maximum Gasteiger partial charge on any atom is 0.123 e. The fourth-order valence-electron chi connectivity index (χ4n) is 1.98. The molecular weight excluding hydrogens is 198 g/mol. The van der Waals surface area contributed by atoms with Crippen LogP contribution in [0.5, 0.6) is 5.75 Å². The standard InChI is InChI=1S/C14H10NO/c16-14-6-2-4-12-11(3-1-5-13(12)14)10-7-8-15-9-10/h1-7,9,15-16H. The Balaban J connectivity index is 2.38. The van der Waals surface area contributed by atoms with Crippen LogP contribution in [0, 0.1) is 6.20 Å². The number of rotatable bonds is 1. The summed E-state index contributed by atoms with van der Waals surface area (Å²) in [6.07, 6.45) is 4.82. The molecule has 3 rings (SSSR count). The summed E-state index contributed by atoms with van der Waals surface area (Å²) in [6, 6.07) is 13.4. The molecule has 2 N–H and O–H groups in total. The van der Waals surface area contributed by atoms with Crippen LogP contribution in [-0.2, 0) is 0 Å². The largest absolute Gasteiger partial charge is 0.507 e. The molecule has 77 valence electrons. The molecule has 1 heterocycles. The first-order valence-corrected chi connectivity index (χ1v) is 5.12. The summed E-state index contributed by atoms with van der Waals surface area (Å²) in [7, 11) is 0. The third-order valence-corrected chi connectivity index (χ3v) is 2.75. The van der Waals surface area contributed by atoms with Crippen molar-refractivity contribution in [2.24, 2.45) is 0 Å². The number of hydrogen-bond donors (Lipinski definition) is 2. The van der Waals surface area contributed by atoms with E-state index < -0.39 is 0 Å². The topological polar surface area (TPSA) is 36.0 Å². The van der Waals surface area contributed by atoms with Gasteiger partial charge in [-0.15, -0.1) is 0 Å². The lowest BCUT2D eigenvalue weighted by Gasteiger charge is -2.05. The highest BCUT2D eigenvalue weighted by molar-refractivity contribution is 5.99. The van der Waals surface area contributed by atoms with E-state index in [0.29, 0.717) is 5.75 Å². The molecule has 0 spiro atoms. The van der Waals surface area contributed by atoms with Crippen LogP contribution >= 0.6 is 0 Å². The predicted octanol–water partition coefficient (Wildman–Crippen LogP) is 3.34. The number of H-pyrrole nitrogens is 1. The summed E-state index contributed by atoms with van der Waals surface area (Å²) in [6.45, 7) is 0. The van der Waals surface area contributed by atoms with E-state index in [1.165, 1.54) is 0 Å². The van der Waals surface area contributed by atoms with Crippen molar-refractivity contribution < 1.29 is 5.11 Å². The molecule has 16 heavy (non-hydrogen) atoms. The van der Waals surface area contributed by atoms with E-state index in [-0.39, 0.29) is 0 Å². The number of aromatic hydroxyl groups is 1. The van der Waals surface area contributed by atoms with Crippen molar-refractivity contribution in [3.05, 3.63) is 54.9 Å². The van der Waals surface area contributed by atoms with Gasteiger partial charge in [-0.3, -0.25) is 0 Å². The number of benzene rings is 2. The molecular formula is C14H10NO. The van der Waals surface area contributed by atoms with Crippen LogP contribution in [0.1, 0.15) is 0 Å². The first-order valence-electron chi connectivity index (χ1n) is 5.12. The maximum atomic E-state index is 9.78. The minimum atomic E-state index is 0.318. The second-order valence-electron chi connectivity index (χ2n) is 3.71. The number of aromatic amines is 1. The molecule has 0 aliphatic carbocycles. The van der Waals surface area contributed by atoms with Crippen LogP contribution in [0.15, 0.2) is 48.7 Å². The van der Waals surface area contributed by atoms with Gasteiger partial charge in [-0.25, -0.2) is 0 Å². The highest BCUT2D eigenvalue weighted by Gasteiger charge is 2.05. The van der Waals surface area contributed by atoms with Gasteiger partial charge in [0.05, 0.1) is 6.20 Å². The number of nitrogens with one attached hydrogen (secondary N) is 1. The zero-order valence-corrected chi connectivity index (χ0v) is 8.57. The first-order chi connectivity index (χ1) is 7.86. The Hall–Kier alpha value is -2.22. The number of hydrogen-bond acceptors (Lipinski definition) is 1. The molecule has 0 bridgehead atoms. The molecule has 0 amide bonds. The van der Waals surface area contributed by atoms with Gasteiger partial charge in [0.2, 0.25) is 0 Å². The smallest absolute Gasteiger partial charge is 0.123 e. The summed E-state index contributed by atoms with van der Waals surface area (Å²) in [5.41, 5.74) is 2.18. The molecule has 0 unspecified atom stereocenters. The van der Waals surface area contributed by atoms with E-state index in [9.17, 15) is 5.11 Å². The van der Waals surface area contributed by atoms with E-state index in [4.69, 9.17) is 0 Å². The van der Waals surface area contributed by atoms with Crippen LogP contribution in [0.3, 0.4) is 0 Å². The molecule has 0 fully saturated rings. The van der Waals surface area contributed by atoms with E-state index in [2.05, 4.69) is 11.2 Å². The van der Waals surface area contributed by atoms with Crippen molar-refractivity contribution in [3.8, 4) is 16.9 Å². The van der Waals surface area contributed by atoms with Gasteiger partial charge in [0.15, 0.2) is 0 Å². The Bertz CT molecular complexity index is 626. The van der Waals surface area contributed by atoms with Gasteiger partial charge in [0.25, 0.3) is 0 Å². The second-order valence-corrected chi connectivity index (χ2v) is 3.71. The minimum absolute atomic E-state index is 0.318. The first kappa shape index (κ1) is 9.04. The van der Waals surface area contributed by atoms with Crippen LogP contribution in [-0.4, -0.2) is 10.1 Å². The average molecular weight is 208 g/mol. The fourth-order valence-corrected chi connectivity index (χ4v) is 1.98. The quantitative estimate of drug-likeness (QED) is 0.632. The van der Waals surface area contributed by atoms with Gasteiger partial charge in [-0.1, -0.05) is 30.3 Å². The highest BCUT2D eigenvalue weighted by Crippen LogP contribution is 2.32. The molecule has 0 saturated carbocycles. The van der Waals surface area contributed by atoms with Crippen molar-refractivity contribution in [2.45, 2.75) is 0 Å². The van der Waals surface area contributed by atoms with Crippen LogP contribution in [0.4, 0.5) is 0 Å². The zero-order chi connectivity index (χ0) is 11.0. The minimum Gasteiger partial charge on any atom is -0.507 e. The number of phenolic OH excluding ortho intramolecular Hbond substituents is 1. The number of fused-ring (bicyclic) bond motifs is 1. The van der Waals surface area contributed by atoms with Crippen molar-refractivity contribution >= 4 is 10.8 Å². The summed E-state index contributed by atoms with van der Waals surface area (Å²) in [4.78, 5) is 2.92. The summed E-state index contributed by atoms with van der Waals surface area (Å²) >= 11 is 0. The molecule has 1 radical (unpaired) electrons. The molecule has 0 saturated heterocycles. The van der Waals surface area contributed by atoms with Crippen molar-refractivity contribution in [2.75, 3.05) is 0 Å². The number of aromatic nitrogens is 1. The van der Waals surface area contributed by atoms with Gasteiger partial charge in [0.1, 0.15) is 5.75 Å². The van der Waals surface area contributed by atoms with E-state index >= 15 is 0 Å². The van der Waals surface area contributed by atoms with E-state index in [1.54, 1.807) is 6.07 Å². The monoisotopic (exact) mass is 208 g/mol. The Kier molecular flexibility index (Phi) is 1.93. The van der Waals surface area contributed by atoms with Crippen molar-refractivity contribution in [1.82, 2.24) is 4.98 Å². The van der Waals surface area contributed by atoms with Gasteiger partial charge >= 0.3 is 0 Å². The number of phenols is 1. The Morgan fingerprint density at radius 3 is 2.62 bits per heavy atom. The zero-order valence-electron chi connectivity index (χ0n) is 8.57. The lowest BCUT2D eigenvalue weighted by molar-refractivity contribution is 0.481. The van der Waals surface area contributed by atoms with E-state index in [0.717, 1.165) is 21.9 Å². The van der Waals surface area contributed by atoms with Crippen LogP contribution < -0.4 is 0 Å². The Morgan fingerprint density at radius 1 is 1.00 bits per heavy atom. The maximum absolute atomic E-state index is 9.78. The second kappa shape index (κ2) is 3.42. The van der Waals surface area contributed by atoms with Crippen LogP contribution in [0.2, 0.25) is 0 Å². The molecule has 0 atom stereocenters. The third kappa shape index (κ3) is 1.27. The van der Waals surface area contributed by atoms with Gasteiger partial charge in [-0.05, 0) is 23.1 Å². The summed E-state index contributed by atoms with van der Waals surface area (Å²) in [5, 5.41) is 11.7. The van der Waals surface area contributed by atoms with Crippen molar-refractivity contribution in [1.29, 1.82) is 0 Å². The SMILES string of the molecule is Oc1cccc2c(-c3c[c][nH]c3)cccc12. The Labute approximate surface area is 93.2 Å². The van der Waals surface area contributed by atoms with E-state index in [1.807, 2.05) is 42.6 Å². The molecule has 3 aromatic rings. The van der Waals surface area contributed by atoms with Gasteiger partial charge in [0, 0.05) is 17.1 Å². The Morgan fingerprint density at radius 2 is 1.81 bits per heavy atom. The summed E-state index contributed by atoms with van der Waals surface area (Å²) in [5.74, 6) is 0.318. The molecule has 0 aliphatic rings. The molecule has 2 nitrogen and oxygen atoms in total. The lowest BCUT2D eigenvalue weighted by atomic mass is 10.00. The average Bonchev–Trinajstić information content (AvgIpc) is 2.82. The summed E-state index contributed by atoms with van der Waals surface area (Å²) < 4.78 is 0. The van der Waals surface area contributed by atoms with Crippen LogP contribution in [0.25, 0.3) is 21.9 Å². The fraction of sp³-hybridized carbons (Fsp3) is 0. The van der Waals surface area contributed by atoms with Crippen molar-refractivity contribution in [3.63, 3.8) is 0 Å². The third-order valence-electron chi connectivity index (χ3n) is 2.75. The molecule has 2 heteroatoms. The van der Waals surface area contributed by atoms with Gasteiger partial charge in [-0.2, -0.15) is 0 Å². The lowest BCUT2D eigenvalue weighted by Crippen LogP contribution is -1.79. The normalized spacial score (nSPS) is 10.8. The highest BCUT2D eigenvalue weighted by atomic mass is 16.3.